The number of Topliss-reactive ketones (excluding diaryl/α,β-unsaturated/α-hetero) is 1. The van der Waals surface area contributed by atoms with Crippen LogP contribution in [-0.4, -0.2) is 40.1 Å². The molecule has 242 valence electrons. The highest BCUT2D eigenvalue weighted by Gasteiger charge is 2.76. The standard InChI is InChI=1S/C38H40F3NO4/c1-33-14-11-27(43)20-35(33)17-18-37(28(21-35)31(44)25-9-6-10-26(19-25)38(39,40)41)29(33)12-15-34(2)30(37)13-16-36(34)23-42(32(45)46-36)22-24-7-4-3-5-8-24/h3-10,17-19,21,27,29-30,43H,11-16,20,22-23H2,1-2H3/t27-,29+,30+,33+,34-,35-,36+,37-/m0/s1. The number of carbonyl (C=O) groups is 2. The highest BCUT2D eigenvalue weighted by atomic mass is 19.4. The van der Waals surface area contributed by atoms with Gasteiger partial charge in [0.2, 0.25) is 0 Å². The van der Waals surface area contributed by atoms with Gasteiger partial charge in [0.1, 0.15) is 5.60 Å². The third kappa shape index (κ3) is 3.79. The number of alkyl halides is 3. The van der Waals surface area contributed by atoms with Crippen LogP contribution >= 0.6 is 0 Å². The minimum atomic E-state index is -4.57. The summed E-state index contributed by atoms with van der Waals surface area (Å²) in [7, 11) is 0. The molecule has 46 heavy (non-hydrogen) atoms. The summed E-state index contributed by atoms with van der Waals surface area (Å²) in [5.41, 5.74) is -1.90. The lowest BCUT2D eigenvalue weighted by Crippen LogP contribution is -2.67. The molecule has 2 aromatic rings. The molecule has 3 saturated carbocycles. The topological polar surface area (TPSA) is 66.8 Å². The van der Waals surface area contributed by atoms with Gasteiger partial charge in [0, 0.05) is 33.9 Å². The molecule has 5 nitrogen and oxygen atoms in total. The molecule has 9 rings (SSSR count). The van der Waals surface area contributed by atoms with E-state index in [1.807, 2.05) is 36.4 Å². The number of amides is 1. The van der Waals surface area contributed by atoms with Crippen molar-refractivity contribution in [3.8, 4) is 0 Å². The summed E-state index contributed by atoms with van der Waals surface area (Å²) in [6.07, 6.45) is 6.08. The van der Waals surface area contributed by atoms with E-state index in [-0.39, 0.29) is 34.7 Å². The van der Waals surface area contributed by atoms with Gasteiger partial charge in [0.15, 0.2) is 5.78 Å². The van der Waals surface area contributed by atoms with Gasteiger partial charge >= 0.3 is 12.3 Å². The zero-order valence-electron chi connectivity index (χ0n) is 26.3. The van der Waals surface area contributed by atoms with Crippen molar-refractivity contribution < 1.29 is 32.6 Å². The van der Waals surface area contributed by atoms with Crippen molar-refractivity contribution in [1.82, 2.24) is 4.90 Å². The summed E-state index contributed by atoms with van der Waals surface area (Å²) < 4.78 is 47.8. The van der Waals surface area contributed by atoms with Gasteiger partial charge in [-0.3, -0.25) is 9.69 Å². The zero-order chi connectivity index (χ0) is 32.3. The predicted octanol–water partition coefficient (Wildman–Crippen LogP) is 8.14. The maximum Gasteiger partial charge on any atom is 0.416 e. The van der Waals surface area contributed by atoms with Gasteiger partial charge in [-0.2, -0.15) is 13.2 Å². The molecule has 2 aromatic carbocycles. The quantitative estimate of drug-likeness (QED) is 0.273. The minimum absolute atomic E-state index is 0.0333. The summed E-state index contributed by atoms with van der Waals surface area (Å²) in [5.74, 6) is -0.360. The first-order valence-corrected chi connectivity index (χ1v) is 16.6. The normalized spacial score (nSPS) is 40.7. The Bertz CT molecular complexity index is 1690. The highest BCUT2D eigenvalue weighted by molar-refractivity contribution is 6.10. The van der Waals surface area contributed by atoms with E-state index < -0.39 is 39.7 Å². The predicted molar refractivity (Wildman–Crippen MR) is 165 cm³/mol. The van der Waals surface area contributed by atoms with Crippen LogP contribution in [0.15, 0.2) is 78.4 Å². The number of ether oxygens (including phenoxy) is 1. The van der Waals surface area contributed by atoms with Gasteiger partial charge in [0.25, 0.3) is 0 Å². The van der Waals surface area contributed by atoms with Crippen molar-refractivity contribution in [2.45, 2.75) is 83.2 Å². The van der Waals surface area contributed by atoms with Crippen LogP contribution in [0.3, 0.4) is 0 Å². The minimum Gasteiger partial charge on any atom is -0.440 e. The molecule has 0 unspecified atom stereocenters. The number of hydrogen-bond acceptors (Lipinski definition) is 4. The maximum absolute atomic E-state index is 14.7. The van der Waals surface area contributed by atoms with E-state index in [2.05, 4.69) is 26.0 Å². The van der Waals surface area contributed by atoms with Crippen LogP contribution in [0.2, 0.25) is 0 Å². The first-order valence-electron chi connectivity index (χ1n) is 16.6. The van der Waals surface area contributed by atoms with Crippen molar-refractivity contribution in [2.24, 2.45) is 33.5 Å². The molecule has 0 aromatic heterocycles. The monoisotopic (exact) mass is 631 g/mol. The van der Waals surface area contributed by atoms with Gasteiger partial charge < -0.3 is 9.84 Å². The Hall–Kier alpha value is -3.39. The van der Waals surface area contributed by atoms with Crippen molar-refractivity contribution in [2.75, 3.05) is 6.54 Å². The van der Waals surface area contributed by atoms with Crippen LogP contribution < -0.4 is 0 Å². The molecule has 0 radical (unpaired) electrons. The summed E-state index contributed by atoms with van der Waals surface area (Å²) in [6.45, 7) is 5.44. The third-order valence-electron chi connectivity index (χ3n) is 13.6. The fourth-order valence-electron chi connectivity index (χ4n) is 11.3. The molecule has 4 fully saturated rings. The average Bonchev–Trinajstić information content (AvgIpc) is 3.51. The smallest absolute Gasteiger partial charge is 0.416 e. The van der Waals surface area contributed by atoms with Gasteiger partial charge in [-0.1, -0.05) is 74.5 Å². The maximum atomic E-state index is 14.7. The van der Waals surface area contributed by atoms with E-state index >= 15 is 0 Å². The molecular weight excluding hydrogens is 591 g/mol. The summed E-state index contributed by atoms with van der Waals surface area (Å²) in [4.78, 5) is 29.9. The number of benzene rings is 2. The van der Waals surface area contributed by atoms with Crippen molar-refractivity contribution in [1.29, 1.82) is 0 Å². The molecule has 3 spiro atoms. The summed E-state index contributed by atoms with van der Waals surface area (Å²) in [6, 6.07) is 14.6. The van der Waals surface area contributed by atoms with Gasteiger partial charge in [0.05, 0.1) is 18.2 Å². The van der Waals surface area contributed by atoms with Crippen molar-refractivity contribution in [3.05, 3.63) is 95.1 Å². The average molecular weight is 632 g/mol. The van der Waals surface area contributed by atoms with Gasteiger partial charge in [-0.05, 0) is 79.9 Å². The zero-order valence-corrected chi connectivity index (χ0v) is 26.3. The van der Waals surface area contributed by atoms with Crippen LogP contribution in [0.4, 0.5) is 18.0 Å². The molecule has 1 heterocycles. The lowest BCUT2D eigenvalue weighted by Gasteiger charge is -2.71. The first kappa shape index (κ1) is 30.0. The molecule has 1 N–H and O–H groups in total. The Morgan fingerprint density at radius 2 is 1.67 bits per heavy atom. The molecule has 1 aliphatic heterocycles. The number of allylic oxidation sites excluding steroid dienone is 4. The number of nitrogens with zero attached hydrogens (tertiary/aromatic N) is 1. The second-order valence-corrected chi connectivity index (χ2v) is 15.4. The Balaban J connectivity index is 1.24. The summed E-state index contributed by atoms with van der Waals surface area (Å²) in [5, 5.41) is 10.9. The Morgan fingerprint density at radius 3 is 2.43 bits per heavy atom. The first-order chi connectivity index (χ1) is 21.8. The Labute approximate surface area is 267 Å². The molecule has 8 atom stereocenters. The molecular formula is C38H40F3NO4. The fourth-order valence-corrected chi connectivity index (χ4v) is 11.3. The van der Waals surface area contributed by atoms with Gasteiger partial charge in [-0.25, -0.2) is 4.79 Å². The number of aliphatic hydroxyl groups is 1. The summed E-state index contributed by atoms with van der Waals surface area (Å²) >= 11 is 0. The van der Waals surface area contributed by atoms with Crippen LogP contribution in [-0.2, 0) is 17.5 Å². The molecule has 1 saturated heterocycles. The lowest BCUT2D eigenvalue weighted by atomic mass is 9.32. The van der Waals surface area contributed by atoms with Crippen molar-refractivity contribution in [3.63, 3.8) is 0 Å². The van der Waals surface area contributed by atoms with E-state index in [0.717, 1.165) is 43.4 Å². The third-order valence-corrected chi connectivity index (χ3v) is 13.6. The van der Waals surface area contributed by atoms with E-state index in [4.69, 9.17) is 4.74 Å². The molecule has 8 heteroatoms. The molecule has 7 aliphatic rings. The number of ketones is 1. The number of fused-ring (bicyclic) bond motifs is 2. The lowest BCUT2D eigenvalue weighted by molar-refractivity contribution is -0.164. The number of carbonyl (C=O) groups excluding carboxylic acids is 2. The van der Waals surface area contributed by atoms with Gasteiger partial charge in [-0.15, -0.1) is 0 Å². The highest BCUT2D eigenvalue weighted by Crippen LogP contribution is 2.79. The Morgan fingerprint density at radius 1 is 0.957 bits per heavy atom. The van der Waals surface area contributed by atoms with E-state index in [0.29, 0.717) is 37.9 Å². The fraction of sp³-hybridized carbons (Fsp3) is 0.526. The number of rotatable bonds is 4. The Kier molecular flexibility index (Phi) is 6.25. The molecule has 6 aliphatic carbocycles. The van der Waals surface area contributed by atoms with E-state index in [1.54, 1.807) is 4.90 Å². The molecule has 2 bridgehead atoms. The van der Waals surface area contributed by atoms with Crippen LogP contribution in [0.1, 0.15) is 80.3 Å². The second kappa shape index (κ2) is 9.59. The van der Waals surface area contributed by atoms with Crippen LogP contribution in [0.5, 0.6) is 0 Å². The van der Waals surface area contributed by atoms with E-state index in [1.165, 1.54) is 12.1 Å². The number of aliphatic hydroxyl groups excluding tert-OH is 1. The molecule has 1 amide bonds. The SMILES string of the molecule is C[C@]12CC[C@H]3[C@@]4(C=C[C@@]5(C=C4C(=O)c4cccc(C(F)(F)F)c4)C[C@@H](O)CC[C@]35C)[C@@H]1CC[C@@]21CN(Cc2ccccc2)C(=O)O1. The van der Waals surface area contributed by atoms with E-state index in [9.17, 15) is 27.9 Å². The van der Waals surface area contributed by atoms with Crippen molar-refractivity contribution >= 4 is 11.9 Å². The number of hydrogen-bond donors (Lipinski definition) is 1. The largest absolute Gasteiger partial charge is 0.440 e. The number of halogens is 3. The van der Waals surface area contributed by atoms with Crippen LogP contribution in [0.25, 0.3) is 0 Å². The second-order valence-electron chi connectivity index (χ2n) is 15.4. The van der Waals surface area contributed by atoms with Crippen LogP contribution in [0, 0.1) is 33.5 Å².